The van der Waals surface area contributed by atoms with E-state index in [9.17, 15) is 9.59 Å². The molecular weight excluding hydrogens is 456 g/mol. The van der Waals surface area contributed by atoms with E-state index < -0.39 is 0 Å². The molecule has 0 amide bonds. The summed E-state index contributed by atoms with van der Waals surface area (Å²) in [6.07, 6.45) is 13.5. The second-order valence-corrected chi connectivity index (χ2v) is 13.9. The molecule has 0 heterocycles. The second-order valence-electron chi connectivity index (χ2n) is 13.9. The SMILES string of the molecule is CC(C)CCC[C@@H](C)[C@H]1CC(=O)[C@H]2C3=CCC4CC(OC(=O)c5ccccc5)CC[C@]4(C)[C@H]3CC[C@@]21C. The van der Waals surface area contributed by atoms with E-state index in [2.05, 4.69) is 40.7 Å². The summed E-state index contributed by atoms with van der Waals surface area (Å²) in [6, 6.07) is 9.37. The third kappa shape index (κ3) is 4.85. The molecule has 3 nitrogen and oxygen atoms in total. The Kier molecular flexibility index (Phi) is 7.46. The number of hydrogen-bond acceptors (Lipinski definition) is 3. The van der Waals surface area contributed by atoms with Gasteiger partial charge in [0.25, 0.3) is 0 Å². The van der Waals surface area contributed by atoms with Crippen LogP contribution in [0.4, 0.5) is 0 Å². The van der Waals surface area contributed by atoms with E-state index in [1.54, 1.807) is 0 Å². The smallest absolute Gasteiger partial charge is 0.338 e. The Labute approximate surface area is 224 Å². The molecule has 0 aliphatic heterocycles. The van der Waals surface area contributed by atoms with Crippen molar-refractivity contribution in [3.8, 4) is 0 Å². The predicted octanol–water partition coefficient (Wildman–Crippen LogP) is 8.43. The van der Waals surface area contributed by atoms with Gasteiger partial charge in [0.2, 0.25) is 0 Å². The zero-order valence-electron chi connectivity index (χ0n) is 23.8. The summed E-state index contributed by atoms with van der Waals surface area (Å²) in [5.41, 5.74) is 2.47. The lowest BCUT2D eigenvalue weighted by molar-refractivity contribution is -0.123. The van der Waals surface area contributed by atoms with Gasteiger partial charge in [0.15, 0.2) is 0 Å². The summed E-state index contributed by atoms with van der Waals surface area (Å²) in [7, 11) is 0. The maximum Gasteiger partial charge on any atom is 0.338 e. The normalized spacial score (nSPS) is 37.8. The fourth-order valence-electron chi connectivity index (χ4n) is 9.12. The molecule has 1 aromatic carbocycles. The van der Waals surface area contributed by atoms with Crippen LogP contribution in [0.5, 0.6) is 0 Å². The fraction of sp³-hybridized carbons (Fsp3) is 0.706. The Hall–Kier alpha value is -1.90. The van der Waals surface area contributed by atoms with Crippen LogP contribution in [-0.2, 0) is 9.53 Å². The van der Waals surface area contributed by atoms with Crippen molar-refractivity contribution in [3.05, 3.63) is 47.5 Å². The first kappa shape index (κ1) is 26.7. The van der Waals surface area contributed by atoms with Crippen molar-refractivity contribution in [2.45, 2.75) is 105 Å². The molecule has 0 bridgehead atoms. The van der Waals surface area contributed by atoms with Crippen molar-refractivity contribution in [2.24, 2.45) is 46.3 Å². The Morgan fingerprint density at radius 3 is 2.49 bits per heavy atom. The maximum absolute atomic E-state index is 13.6. The Morgan fingerprint density at radius 2 is 1.76 bits per heavy atom. The highest BCUT2D eigenvalue weighted by atomic mass is 16.5. The van der Waals surface area contributed by atoms with E-state index in [4.69, 9.17) is 4.74 Å². The van der Waals surface area contributed by atoms with E-state index in [1.165, 1.54) is 37.7 Å². The molecule has 8 atom stereocenters. The minimum atomic E-state index is -0.195. The second kappa shape index (κ2) is 10.3. The van der Waals surface area contributed by atoms with Crippen LogP contribution < -0.4 is 0 Å². The van der Waals surface area contributed by atoms with Gasteiger partial charge in [-0.2, -0.15) is 0 Å². The van der Waals surface area contributed by atoms with Gasteiger partial charge in [-0.15, -0.1) is 0 Å². The number of hydrogen-bond donors (Lipinski definition) is 0. The van der Waals surface area contributed by atoms with Gasteiger partial charge in [0, 0.05) is 12.3 Å². The molecule has 0 spiro atoms. The van der Waals surface area contributed by atoms with Crippen LogP contribution in [0.1, 0.15) is 109 Å². The molecule has 3 fully saturated rings. The lowest BCUT2D eigenvalue weighted by Crippen LogP contribution is -2.51. The van der Waals surface area contributed by atoms with Gasteiger partial charge in [0.1, 0.15) is 11.9 Å². The third-order valence-corrected chi connectivity index (χ3v) is 11.3. The molecule has 0 saturated heterocycles. The molecule has 37 heavy (non-hydrogen) atoms. The summed E-state index contributed by atoms with van der Waals surface area (Å²) < 4.78 is 5.98. The number of Topliss-reactive ketones (excluding diaryl/α,β-unsaturated/α-hetero) is 1. The number of rotatable bonds is 7. The van der Waals surface area contributed by atoms with E-state index in [0.717, 1.165) is 38.0 Å². The first-order valence-electron chi connectivity index (χ1n) is 15.1. The van der Waals surface area contributed by atoms with Gasteiger partial charge < -0.3 is 4.74 Å². The van der Waals surface area contributed by atoms with Crippen LogP contribution in [0.3, 0.4) is 0 Å². The minimum absolute atomic E-state index is 0.00114. The maximum atomic E-state index is 13.6. The summed E-state index contributed by atoms with van der Waals surface area (Å²) in [5, 5.41) is 0. The van der Waals surface area contributed by atoms with Crippen LogP contribution >= 0.6 is 0 Å². The van der Waals surface area contributed by atoms with Gasteiger partial charge in [0.05, 0.1) is 5.56 Å². The molecule has 202 valence electrons. The van der Waals surface area contributed by atoms with Crippen molar-refractivity contribution >= 4 is 11.8 Å². The monoisotopic (exact) mass is 504 g/mol. The van der Waals surface area contributed by atoms with Crippen molar-refractivity contribution in [3.63, 3.8) is 0 Å². The van der Waals surface area contributed by atoms with Gasteiger partial charge in [-0.25, -0.2) is 4.79 Å². The topological polar surface area (TPSA) is 43.4 Å². The molecule has 0 radical (unpaired) electrons. The van der Waals surface area contributed by atoms with Crippen molar-refractivity contribution < 1.29 is 14.3 Å². The molecule has 2 unspecified atom stereocenters. The number of esters is 1. The van der Waals surface area contributed by atoms with Crippen molar-refractivity contribution in [2.75, 3.05) is 0 Å². The average molecular weight is 505 g/mol. The van der Waals surface area contributed by atoms with Gasteiger partial charge >= 0.3 is 5.97 Å². The highest BCUT2D eigenvalue weighted by molar-refractivity contribution is 5.89. The predicted molar refractivity (Wildman–Crippen MR) is 149 cm³/mol. The standard InChI is InChI=1S/C34H48O3/c1-22(2)10-9-11-23(3)29-21-30(35)31-27-15-14-25-20-26(37-32(36)24-12-7-6-8-13-24)16-18-33(25,4)28(27)17-19-34(29,31)5/h6-8,12-13,15,22-23,25-26,28-29,31H,9-11,14,16-21H2,1-5H3/t23-,25?,26?,28+,29-,31-,33+,34-/m1/s1. The van der Waals surface area contributed by atoms with Gasteiger partial charge in [-0.3, -0.25) is 4.79 Å². The quantitative estimate of drug-likeness (QED) is 0.276. The van der Waals surface area contributed by atoms with Gasteiger partial charge in [-0.05, 0) is 91.1 Å². The van der Waals surface area contributed by atoms with Crippen molar-refractivity contribution in [1.82, 2.24) is 0 Å². The Bertz CT molecular complexity index is 1020. The lowest BCUT2D eigenvalue weighted by atomic mass is 9.47. The van der Waals surface area contributed by atoms with Crippen LogP contribution in [0.2, 0.25) is 0 Å². The van der Waals surface area contributed by atoms with E-state index in [-0.39, 0.29) is 28.8 Å². The lowest BCUT2D eigenvalue weighted by Gasteiger charge is -2.57. The number of allylic oxidation sites excluding steroid dienone is 2. The number of fused-ring (bicyclic) bond motifs is 5. The summed E-state index contributed by atoms with van der Waals surface area (Å²) in [4.78, 5) is 26.3. The molecule has 0 N–H and O–H groups in total. The van der Waals surface area contributed by atoms with E-state index >= 15 is 0 Å². The van der Waals surface area contributed by atoms with Crippen LogP contribution in [0, 0.1) is 46.3 Å². The summed E-state index contributed by atoms with van der Waals surface area (Å²) in [6.45, 7) is 12.0. The number of benzene rings is 1. The summed E-state index contributed by atoms with van der Waals surface area (Å²) in [5.74, 6) is 3.40. The van der Waals surface area contributed by atoms with Crippen molar-refractivity contribution in [1.29, 1.82) is 0 Å². The highest BCUT2D eigenvalue weighted by Gasteiger charge is 2.61. The zero-order chi connectivity index (χ0) is 26.4. The first-order chi connectivity index (χ1) is 17.6. The molecule has 4 aliphatic rings. The highest BCUT2D eigenvalue weighted by Crippen LogP contribution is 2.66. The number of carbonyl (C=O) groups is 2. The van der Waals surface area contributed by atoms with Gasteiger partial charge in [-0.1, -0.05) is 83.7 Å². The molecule has 4 aliphatic carbocycles. The molecule has 5 rings (SSSR count). The Morgan fingerprint density at radius 1 is 1.03 bits per heavy atom. The third-order valence-electron chi connectivity index (χ3n) is 11.3. The zero-order valence-corrected chi connectivity index (χ0v) is 23.8. The van der Waals surface area contributed by atoms with Crippen LogP contribution in [0.25, 0.3) is 0 Å². The number of ketones is 1. The molecular formula is C34H48O3. The van der Waals surface area contributed by atoms with E-state index in [1.807, 2.05) is 30.3 Å². The summed E-state index contributed by atoms with van der Waals surface area (Å²) >= 11 is 0. The minimum Gasteiger partial charge on any atom is -0.459 e. The van der Waals surface area contributed by atoms with Crippen LogP contribution in [0.15, 0.2) is 42.0 Å². The van der Waals surface area contributed by atoms with Crippen LogP contribution in [-0.4, -0.2) is 17.9 Å². The first-order valence-corrected chi connectivity index (χ1v) is 15.1. The van der Waals surface area contributed by atoms with E-state index in [0.29, 0.717) is 35.0 Å². The Balaban J connectivity index is 1.29. The molecule has 3 heteroatoms. The molecule has 3 saturated carbocycles. The molecule has 1 aromatic rings. The largest absolute Gasteiger partial charge is 0.459 e. The average Bonchev–Trinajstić information content (AvgIpc) is 3.15. The fourth-order valence-corrected chi connectivity index (χ4v) is 9.12. The molecule has 0 aromatic heterocycles. The number of carbonyl (C=O) groups excluding carboxylic acids is 2. The number of ether oxygens (including phenoxy) is 1.